The normalized spacial score (nSPS) is 14.1. The van der Waals surface area contributed by atoms with Gasteiger partial charge in [0.05, 0.1) is 12.0 Å². The van der Waals surface area contributed by atoms with E-state index in [0.29, 0.717) is 0 Å². The molecule has 1 unspecified atom stereocenters. The zero-order valence-electron chi connectivity index (χ0n) is 12.4. The van der Waals surface area contributed by atoms with Gasteiger partial charge in [-0.3, -0.25) is 0 Å². The van der Waals surface area contributed by atoms with Gasteiger partial charge in [0, 0.05) is 11.1 Å². The van der Waals surface area contributed by atoms with Crippen molar-refractivity contribution in [1.29, 1.82) is 0 Å². The molecule has 6 nitrogen and oxygen atoms in total. The summed E-state index contributed by atoms with van der Waals surface area (Å²) in [6.45, 7) is 12.6. The van der Waals surface area contributed by atoms with Gasteiger partial charge < -0.3 is 19.7 Å². The Bertz CT molecular complexity index is 393. The number of carbonyl (C=O) groups is 2. The summed E-state index contributed by atoms with van der Waals surface area (Å²) in [7, 11) is 0. The number of carbonyl (C=O) groups excluding carboxylic acids is 2. The maximum absolute atomic E-state index is 11.5. The Balaban J connectivity index is 5.22. The summed E-state index contributed by atoms with van der Waals surface area (Å²) in [6.07, 6.45) is -0.237. The van der Waals surface area contributed by atoms with E-state index in [9.17, 15) is 19.8 Å². The lowest BCUT2D eigenvalue weighted by Gasteiger charge is -2.33. The molecule has 0 amide bonds. The lowest BCUT2D eigenvalue weighted by Crippen LogP contribution is -2.46. The summed E-state index contributed by atoms with van der Waals surface area (Å²) in [5.41, 5.74) is -1.35. The predicted octanol–water partition coefficient (Wildman–Crippen LogP) is 1.42. The molecule has 6 heteroatoms. The minimum atomic E-state index is -2.58. The van der Waals surface area contributed by atoms with Crippen LogP contribution in [0.4, 0.5) is 0 Å². The van der Waals surface area contributed by atoms with Crippen LogP contribution in [0.2, 0.25) is 0 Å². The van der Waals surface area contributed by atoms with Crippen molar-refractivity contribution >= 4 is 11.9 Å². The van der Waals surface area contributed by atoms with Crippen LogP contribution in [0.25, 0.3) is 0 Å². The van der Waals surface area contributed by atoms with Crippen molar-refractivity contribution in [2.24, 2.45) is 0 Å². The molecule has 0 aliphatic heterocycles. The van der Waals surface area contributed by atoms with Crippen molar-refractivity contribution < 1.29 is 29.3 Å². The Labute approximate surface area is 118 Å². The molecule has 114 valence electrons. The maximum atomic E-state index is 11.5. The second kappa shape index (κ2) is 6.67. The molecule has 0 aliphatic carbocycles. The number of ether oxygens (including phenoxy) is 2. The number of esters is 2. The van der Waals surface area contributed by atoms with Gasteiger partial charge in [-0.2, -0.15) is 0 Å². The van der Waals surface area contributed by atoms with E-state index in [1.807, 2.05) is 0 Å². The van der Waals surface area contributed by atoms with Crippen molar-refractivity contribution in [2.45, 2.75) is 52.1 Å². The maximum Gasteiger partial charge on any atom is 0.376 e. The standard InChI is InChI=1S/C14H22O6/c1-7-13(6,17)8-14(18,19-11(15)9(2)3)20-12(16)10(4)5/h17-18H,2,4,7-8H2,1,3,5-6H3. The Morgan fingerprint density at radius 3 is 1.65 bits per heavy atom. The van der Waals surface area contributed by atoms with Crippen LogP contribution >= 0.6 is 0 Å². The smallest absolute Gasteiger partial charge is 0.376 e. The molecule has 2 N–H and O–H groups in total. The van der Waals surface area contributed by atoms with Crippen LogP contribution in [0.3, 0.4) is 0 Å². The highest BCUT2D eigenvalue weighted by Gasteiger charge is 2.43. The van der Waals surface area contributed by atoms with Gasteiger partial charge in [-0.25, -0.2) is 9.59 Å². The van der Waals surface area contributed by atoms with E-state index in [2.05, 4.69) is 13.2 Å². The lowest BCUT2D eigenvalue weighted by molar-refractivity contribution is -0.337. The topological polar surface area (TPSA) is 93.1 Å². The quantitative estimate of drug-likeness (QED) is 0.418. The van der Waals surface area contributed by atoms with Gasteiger partial charge in [-0.15, -0.1) is 0 Å². The van der Waals surface area contributed by atoms with E-state index in [4.69, 9.17) is 9.47 Å². The monoisotopic (exact) mass is 286 g/mol. The van der Waals surface area contributed by atoms with E-state index >= 15 is 0 Å². The molecule has 0 spiro atoms. The minimum absolute atomic E-state index is 0.0194. The lowest BCUT2D eigenvalue weighted by atomic mass is 9.98. The SMILES string of the molecule is C=C(C)C(=O)OC(O)(CC(C)(O)CC)OC(=O)C(=C)C. The average molecular weight is 286 g/mol. The van der Waals surface area contributed by atoms with Gasteiger partial charge in [0.1, 0.15) is 0 Å². The van der Waals surface area contributed by atoms with E-state index in [0.717, 1.165) is 0 Å². The summed E-state index contributed by atoms with van der Waals surface area (Å²) in [4.78, 5) is 23.0. The molecule has 0 saturated heterocycles. The van der Waals surface area contributed by atoms with E-state index in [1.165, 1.54) is 20.8 Å². The van der Waals surface area contributed by atoms with E-state index in [1.54, 1.807) is 6.92 Å². The molecular formula is C14H22O6. The fraction of sp³-hybridized carbons (Fsp3) is 0.571. The van der Waals surface area contributed by atoms with Crippen molar-refractivity contribution in [3.05, 3.63) is 24.3 Å². The van der Waals surface area contributed by atoms with Gasteiger partial charge in [0.25, 0.3) is 0 Å². The van der Waals surface area contributed by atoms with Crippen LogP contribution in [0.15, 0.2) is 24.3 Å². The fourth-order valence-corrected chi connectivity index (χ4v) is 1.16. The van der Waals surface area contributed by atoms with Crippen LogP contribution in [0.5, 0.6) is 0 Å². The molecule has 0 aromatic heterocycles. The number of rotatable bonds is 7. The van der Waals surface area contributed by atoms with Crippen molar-refractivity contribution in [2.75, 3.05) is 0 Å². The number of hydrogen-bond acceptors (Lipinski definition) is 6. The molecule has 0 saturated carbocycles. The Morgan fingerprint density at radius 2 is 1.40 bits per heavy atom. The third-order valence-corrected chi connectivity index (χ3v) is 2.57. The Morgan fingerprint density at radius 1 is 1.05 bits per heavy atom. The van der Waals surface area contributed by atoms with Crippen molar-refractivity contribution in [1.82, 2.24) is 0 Å². The highest BCUT2D eigenvalue weighted by Crippen LogP contribution is 2.27. The molecular weight excluding hydrogens is 264 g/mol. The number of hydrogen-bond donors (Lipinski definition) is 2. The van der Waals surface area contributed by atoms with Crippen molar-refractivity contribution in [3.8, 4) is 0 Å². The zero-order chi connectivity index (χ0) is 16.1. The molecule has 20 heavy (non-hydrogen) atoms. The van der Waals surface area contributed by atoms with Gasteiger partial charge in [-0.05, 0) is 27.2 Å². The predicted molar refractivity (Wildman–Crippen MR) is 72.3 cm³/mol. The third-order valence-electron chi connectivity index (χ3n) is 2.57. The van der Waals surface area contributed by atoms with E-state index in [-0.39, 0.29) is 17.6 Å². The van der Waals surface area contributed by atoms with Crippen molar-refractivity contribution in [3.63, 3.8) is 0 Å². The van der Waals surface area contributed by atoms with E-state index < -0.39 is 29.9 Å². The fourth-order valence-electron chi connectivity index (χ4n) is 1.16. The molecule has 1 atom stereocenters. The highest BCUT2D eigenvalue weighted by atomic mass is 16.8. The molecule has 0 heterocycles. The van der Waals surface area contributed by atoms with Crippen LogP contribution in [0, 0.1) is 0 Å². The first-order valence-electron chi connectivity index (χ1n) is 6.15. The summed E-state index contributed by atoms with van der Waals surface area (Å²) in [5.74, 6) is -4.45. The Kier molecular flexibility index (Phi) is 6.12. The van der Waals surface area contributed by atoms with Crippen LogP contribution in [-0.4, -0.2) is 33.7 Å². The average Bonchev–Trinajstić information content (AvgIpc) is 2.27. The Hall–Kier alpha value is -1.66. The zero-order valence-corrected chi connectivity index (χ0v) is 12.4. The number of aliphatic hydroxyl groups is 2. The summed E-state index contributed by atoms with van der Waals surface area (Å²) in [5, 5.41) is 20.2. The second-order valence-corrected chi connectivity index (χ2v) is 5.08. The molecule has 0 rings (SSSR count). The highest BCUT2D eigenvalue weighted by molar-refractivity contribution is 5.88. The minimum Gasteiger partial charge on any atom is -0.394 e. The van der Waals surface area contributed by atoms with Gasteiger partial charge in [0.15, 0.2) is 0 Å². The first kappa shape index (κ1) is 18.3. The third kappa shape index (κ3) is 5.99. The first-order chi connectivity index (χ1) is 8.92. The second-order valence-electron chi connectivity index (χ2n) is 5.08. The molecule has 0 aromatic carbocycles. The van der Waals surface area contributed by atoms with Crippen LogP contribution in [-0.2, 0) is 19.1 Å². The molecule has 0 fully saturated rings. The molecule has 0 aromatic rings. The molecule has 0 radical (unpaired) electrons. The van der Waals surface area contributed by atoms with Crippen LogP contribution in [0.1, 0.15) is 40.5 Å². The molecule has 0 aliphatic rings. The molecule has 0 bridgehead atoms. The van der Waals surface area contributed by atoms with Gasteiger partial charge in [0.2, 0.25) is 0 Å². The largest absolute Gasteiger partial charge is 0.394 e. The summed E-state index contributed by atoms with van der Waals surface area (Å²) >= 11 is 0. The van der Waals surface area contributed by atoms with Gasteiger partial charge >= 0.3 is 17.9 Å². The van der Waals surface area contributed by atoms with Gasteiger partial charge in [-0.1, -0.05) is 20.1 Å². The van der Waals surface area contributed by atoms with Crippen LogP contribution < -0.4 is 0 Å². The first-order valence-corrected chi connectivity index (χ1v) is 6.15. The summed E-state index contributed by atoms with van der Waals surface area (Å²) < 4.78 is 9.46. The summed E-state index contributed by atoms with van der Waals surface area (Å²) in [6, 6.07) is 0.